The Morgan fingerprint density at radius 3 is 2.61 bits per heavy atom. The molecule has 3 atom stereocenters. The molecule has 1 aromatic heterocycles. The molecule has 41 heavy (non-hydrogen) atoms. The standard InChI is InChI=1S/C34H35BrN2O4/c35-33-26(10-4-11-28(33)24-8-2-1-3-9-24)22-41-32-18-31(40-21-23-7-5-15-36-19-23)27(17-29(32)25-13-14-25)20-37-16-6-12-30(37)34(38)39/h1-5,7-11,15,17-19,25,29-30,32H,6,12-14,16,20-22H2,(H,38,39). The van der Waals surface area contributed by atoms with Crippen molar-refractivity contribution in [3.63, 3.8) is 0 Å². The highest BCUT2D eigenvalue weighted by molar-refractivity contribution is 9.10. The maximum atomic E-state index is 11.9. The van der Waals surface area contributed by atoms with Crippen LogP contribution in [-0.2, 0) is 27.5 Å². The van der Waals surface area contributed by atoms with Crippen molar-refractivity contribution in [1.29, 1.82) is 0 Å². The van der Waals surface area contributed by atoms with Crippen molar-refractivity contribution in [2.45, 2.75) is 51.0 Å². The molecule has 2 heterocycles. The van der Waals surface area contributed by atoms with Crippen LogP contribution in [0.1, 0.15) is 36.8 Å². The smallest absolute Gasteiger partial charge is 0.320 e. The van der Waals surface area contributed by atoms with Crippen molar-refractivity contribution in [3.05, 3.63) is 112 Å². The fourth-order valence-corrected chi connectivity index (χ4v) is 6.58. The summed E-state index contributed by atoms with van der Waals surface area (Å²) in [5.41, 5.74) is 5.45. The second-order valence-corrected chi connectivity index (χ2v) is 12.0. The van der Waals surface area contributed by atoms with Crippen LogP contribution in [0.3, 0.4) is 0 Å². The van der Waals surface area contributed by atoms with Gasteiger partial charge in [0.2, 0.25) is 0 Å². The number of rotatable bonds is 11. The summed E-state index contributed by atoms with van der Waals surface area (Å²) in [4.78, 5) is 18.2. The molecule has 3 aromatic rings. The van der Waals surface area contributed by atoms with Crippen LogP contribution in [-0.4, -0.2) is 46.2 Å². The normalized spacial score (nSPS) is 22.7. The highest BCUT2D eigenvalue weighted by Crippen LogP contribution is 2.44. The number of ether oxygens (including phenoxy) is 2. The molecule has 3 aliphatic rings. The first-order valence-electron chi connectivity index (χ1n) is 14.4. The first-order valence-corrected chi connectivity index (χ1v) is 15.2. The summed E-state index contributed by atoms with van der Waals surface area (Å²) in [5, 5.41) is 9.78. The summed E-state index contributed by atoms with van der Waals surface area (Å²) in [6, 6.07) is 20.1. The number of hydrogen-bond donors (Lipinski definition) is 1. The molecule has 2 fully saturated rings. The van der Waals surface area contributed by atoms with Gasteiger partial charge >= 0.3 is 5.97 Å². The molecular weight excluding hydrogens is 580 g/mol. The third kappa shape index (κ3) is 6.64. The molecule has 1 aliphatic heterocycles. The van der Waals surface area contributed by atoms with Gasteiger partial charge < -0.3 is 14.6 Å². The van der Waals surface area contributed by atoms with Crippen molar-refractivity contribution < 1.29 is 19.4 Å². The second kappa shape index (κ2) is 12.7. The van der Waals surface area contributed by atoms with Gasteiger partial charge in [-0.05, 0) is 82.9 Å². The minimum Gasteiger partial charge on any atom is -0.489 e. The van der Waals surface area contributed by atoms with Gasteiger partial charge in [-0.15, -0.1) is 0 Å². The molecular formula is C34H35BrN2O4. The van der Waals surface area contributed by atoms with E-state index in [9.17, 15) is 9.90 Å². The third-order valence-electron chi connectivity index (χ3n) is 8.31. The highest BCUT2D eigenvalue weighted by atomic mass is 79.9. The van der Waals surface area contributed by atoms with Crippen LogP contribution in [0.5, 0.6) is 0 Å². The molecule has 1 saturated heterocycles. The predicted octanol–water partition coefficient (Wildman–Crippen LogP) is 7.01. The molecule has 212 valence electrons. The maximum Gasteiger partial charge on any atom is 0.320 e. The summed E-state index contributed by atoms with van der Waals surface area (Å²) >= 11 is 3.85. The van der Waals surface area contributed by atoms with E-state index in [-0.39, 0.29) is 12.0 Å². The quantitative estimate of drug-likeness (QED) is 0.250. The Balaban J connectivity index is 1.24. The van der Waals surface area contributed by atoms with Gasteiger partial charge in [-0.1, -0.05) is 60.7 Å². The van der Waals surface area contributed by atoms with E-state index < -0.39 is 12.0 Å². The fraction of sp³-hybridized carbons (Fsp3) is 0.353. The zero-order chi connectivity index (χ0) is 28.2. The van der Waals surface area contributed by atoms with Crippen LogP contribution in [0.2, 0.25) is 0 Å². The molecule has 2 aromatic carbocycles. The summed E-state index contributed by atoms with van der Waals surface area (Å²) in [5.74, 6) is 0.838. The van der Waals surface area contributed by atoms with Gasteiger partial charge in [0.25, 0.3) is 0 Å². The van der Waals surface area contributed by atoms with E-state index in [0.29, 0.717) is 32.1 Å². The van der Waals surface area contributed by atoms with Gasteiger partial charge in [0, 0.05) is 40.5 Å². The van der Waals surface area contributed by atoms with Crippen molar-refractivity contribution in [3.8, 4) is 11.1 Å². The molecule has 2 aliphatic carbocycles. The number of aliphatic carboxylic acids is 1. The van der Waals surface area contributed by atoms with E-state index >= 15 is 0 Å². The Morgan fingerprint density at radius 1 is 1.00 bits per heavy atom. The minimum atomic E-state index is -0.746. The van der Waals surface area contributed by atoms with E-state index in [1.54, 1.807) is 6.20 Å². The summed E-state index contributed by atoms with van der Waals surface area (Å²) in [6.07, 6.45) is 11.8. The third-order valence-corrected chi connectivity index (χ3v) is 9.24. The van der Waals surface area contributed by atoms with Crippen molar-refractivity contribution in [2.75, 3.05) is 13.1 Å². The molecule has 1 saturated carbocycles. The van der Waals surface area contributed by atoms with Crippen LogP contribution in [0.15, 0.2) is 101 Å². The minimum absolute atomic E-state index is 0.128. The van der Waals surface area contributed by atoms with Gasteiger partial charge in [0.1, 0.15) is 18.4 Å². The van der Waals surface area contributed by atoms with Gasteiger partial charge in [0.15, 0.2) is 0 Å². The predicted molar refractivity (Wildman–Crippen MR) is 162 cm³/mol. The summed E-state index contributed by atoms with van der Waals surface area (Å²) in [7, 11) is 0. The number of hydrogen-bond acceptors (Lipinski definition) is 5. The number of carbonyl (C=O) groups is 1. The molecule has 0 bridgehead atoms. The van der Waals surface area contributed by atoms with Gasteiger partial charge in [-0.2, -0.15) is 0 Å². The lowest BCUT2D eigenvalue weighted by Gasteiger charge is -2.32. The van der Waals surface area contributed by atoms with Crippen LogP contribution in [0, 0.1) is 11.8 Å². The number of benzene rings is 2. The Kier molecular flexibility index (Phi) is 8.65. The largest absolute Gasteiger partial charge is 0.489 e. The van der Waals surface area contributed by atoms with Gasteiger partial charge in [0.05, 0.1) is 12.7 Å². The first kappa shape index (κ1) is 27.9. The average Bonchev–Trinajstić information content (AvgIpc) is 3.74. The van der Waals surface area contributed by atoms with E-state index in [1.165, 1.54) is 12.8 Å². The summed E-state index contributed by atoms with van der Waals surface area (Å²) in [6.45, 7) is 2.21. The first-order chi connectivity index (χ1) is 20.1. The lowest BCUT2D eigenvalue weighted by molar-refractivity contribution is -0.142. The molecule has 6 rings (SSSR count). The van der Waals surface area contributed by atoms with Crippen LogP contribution >= 0.6 is 15.9 Å². The summed E-state index contributed by atoms with van der Waals surface area (Å²) < 4.78 is 14.1. The molecule has 6 nitrogen and oxygen atoms in total. The lowest BCUT2D eigenvalue weighted by Crippen LogP contribution is -2.38. The number of carboxylic acid groups (broad SMARTS) is 1. The van der Waals surface area contributed by atoms with Crippen LogP contribution in [0.25, 0.3) is 11.1 Å². The molecule has 0 radical (unpaired) electrons. The SMILES string of the molecule is O=C(O)C1CCCN1CC1=CC(C2CC2)C(OCc2cccc(-c3ccccc3)c2Br)C=C1OCc1cccnc1. The second-order valence-electron chi connectivity index (χ2n) is 11.2. The number of carboxylic acids is 1. The number of pyridine rings is 1. The van der Waals surface area contributed by atoms with Gasteiger partial charge in [-0.3, -0.25) is 14.7 Å². The van der Waals surface area contributed by atoms with Crippen molar-refractivity contribution in [2.24, 2.45) is 11.8 Å². The zero-order valence-electron chi connectivity index (χ0n) is 23.0. The van der Waals surface area contributed by atoms with E-state index in [1.807, 2.05) is 24.4 Å². The molecule has 0 spiro atoms. The number of halogens is 1. The Hall–Kier alpha value is -3.26. The van der Waals surface area contributed by atoms with E-state index in [4.69, 9.17) is 9.47 Å². The monoisotopic (exact) mass is 614 g/mol. The van der Waals surface area contributed by atoms with Crippen LogP contribution in [0.4, 0.5) is 0 Å². The Morgan fingerprint density at radius 2 is 1.85 bits per heavy atom. The fourth-order valence-electron chi connectivity index (χ4n) is 5.97. The average molecular weight is 616 g/mol. The molecule has 1 N–H and O–H groups in total. The Labute approximate surface area is 249 Å². The van der Waals surface area contributed by atoms with Gasteiger partial charge in [-0.25, -0.2) is 0 Å². The van der Waals surface area contributed by atoms with E-state index in [0.717, 1.165) is 51.0 Å². The van der Waals surface area contributed by atoms with Crippen molar-refractivity contribution in [1.82, 2.24) is 9.88 Å². The topological polar surface area (TPSA) is 71.9 Å². The number of likely N-dealkylation sites (tertiary alicyclic amines) is 1. The molecule has 0 amide bonds. The zero-order valence-corrected chi connectivity index (χ0v) is 24.6. The number of aromatic nitrogens is 1. The molecule has 7 heteroatoms. The Bertz CT molecular complexity index is 1420. The molecule has 3 unspecified atom stereocenters. The maximum absolute atomic E-state index is 11.9. The lowest BCUT2D eigenvalue weighted by atomic mass is 9.88. The van der Waals surface area contributed by atoms with Crippen LogP contribution < -0.4 is 0 Å². The number of nitrogens with zero attached hydrogens (tertiary/aromatic N) is 2. The highest BCUT2D eigenvalue weighted by Gasteiger charge is 2.39. The van der Waals surface area contributed by atoms with E-state index in [2.05, 4.69) is 80.4 Å². The van der Waals surface area contributed by atoms with Crippen molar-refractivity contribution >= 4 is 21.9 Å².